The number of anilines is 1. The van der Waals surface area contributed by atoms with Crippen LogP contribution in [0.15, 0.2) is 35.4 Å². The number of alkyl halides is 3. The number of ether oxygens (including phenoxy) is 1. The lowest BCUT2D eigenvalue weighted by molar-refractivity contribution is -0.138. The van der Waals surface area contributed by atoms with Gasteiger partial charge in [-0.2, -0.15) is 13.2 Å². The van der Waals surface area contributed by atoms with Crippen LogP contribution in [0.3, 0.4) is 0 Å². The predicted octanol–water partition coefficient (Wildman–Crippen LogP) is 8.36. The highest BCUT2D eigenvalue weighted by Crippen LogP contribution is 2.43. The summed E-state index contributed by atoms with van der Waals surface area (Å²) in [6.45, 7) is 6.57. The van der Waals surface area contributed by atoms with E-state index in [2.05, 4.69) is 5.11 Å². The Morgan fingerprint density at radius 3 is 2.32 bits per heavy atom. The predicted molar refractivity (Wildman–Crippen MR) is 137 cm³/mol. The highest BCUT2D eigenvalue weighted by atomic mass is 35.5. The normalized spacial score (nSPS) is 16.0. The topological polar surface area (TPSA) is 92.8 Å². The quantitative estimate of drug-likeness (QED) is 0.225. The maximum absolute atomic E-state index is 13.9. The van der Waals surface area contributed by atoms with Gasteiger partial charge in [0.25, 0.3) is 0 Å². The molecule has 0 saturated heterocycles. The Morgan fingerprint density at radius 2 is 1.78 bits per heavy atom. The van der Waals surface area contributed by atoms with E-state index in [0.29, 0.717) is 34.0 Å². The molecule has 0 aromatic heterocycles. The van der Waals surface area contributed by atoms with Crippen molar-refractivity contribution in [2.45, 2.75) is 64.9 Å². The first-order valence-electron chi connectivity index (χ1n) is 11.5. The van der Waals surface area contributed by atoms with Crippen LogP contribution in [0, 0.1) is 17.9 Å². The summed E-state index contributed by atoms with van der Waals surface area (Å²) in [5, 5.41) is 12.4. The molecule has 1 amide bonds. The summed E-state index contributed by atoms with van der Waals surface area (Å²) in [5.74, 6) is -0.393. The highest BCUT2D eigenvalue weighted by molar-refractivity contribution is 6.34. The van der Waals surface area contributed by atoms with E-state index in [1.54, 1.807) is 39.0 Å². The number of nitrogens with one attached hydrogen (secondary N) is 2. The van der Waals surface area contributed by atoms with E-state index in [1.807, 2.05) is 0 Å². The molecule has 0 bridgehead atoms. The third-order valence-corrected chi connectivity index (χ3v) is 6.27. The first kappa shape index (κ1) is 28.7. The zero-order valence-corrected chi connectivity index (χ0v) is 22.4. The Bertz CT molecular complexity index is 1190. The second-order valence-electron chi connectivity index (χ2n) is 9.85. The third-order valence-electron chi connectivity index (χ3n) is 5.83. The minimum atomic E-state index is -4.64. The zero-order chi connectivity index (χ0) is 27.7. The molecule has 3 rings (SSSR count). The van der Waals surface area contributed by atoms with Gasteiger partial charge in [0.2, 0.25) is 5.96 Å². The number of nitrogens with zero attached hydrogens (tertiary/aromatic N) is 3. The van der Waals surface area contributed by atoms with Crippen molar-refractivity contribution >= 4 is 40.9 Å². The number of fused-ring (bicyclic) bond motifs is 1. The number of rotatable bonds is 3. The van der Waals surface area contributed by atoms with E-state index in [4.69, 9.17) is 38.9 Å². The van der Waals surface area contributed by atoms with Crippen molar-refractivity contribution in [3.05, 3.63) is 62.6 Å². The van der Waals surface area contributed by atoms with Crippen molar-refractivity contribution < 1.29 is 22.7 Å². The number of halogens is 5. The molecule has 0 radical (unpaired) electrons. The van der Waals surface area contributed by atoms with E-state index < -0.39 is 35.4 Å². The summed E-state index contributed by atoms with van der Waals surface area (Å²) in [7, 11) is 0. The minimum absolute atomic E-state index is 0.0256. The summed E-state index contributed by atoms with van der Waals surface area (Å²) < 4.78 is 47.1. The van der Waals surface area contributed by atoms with Gasteiger partial charge in [-0.1, -0.05) is 29.3 Å². The largest absolute Gasteiger partial charge is 0.443 e. The summed E-state index contributed by atoms with van der Waals surface area (Å²) in [6, 6.07) is 6.55. The lowest BCUT2D eigenvalue weighted by Gasteiger charge is -2.33. The number of benzene rings is 2. The molecule has 2 aromatic carbocycles. The minimum Gasteiger partial charge on any atom is -0.443 e. The fourth-order valence-corrected chi connectivity index (χ4v) is 4.94. The smallest absolute Gasteiger partial charge is 0.416 e. The van der Waals surface area contributed by atoms with Crippen molar-refractivity contribution in [1.29, 1.82) is 10.9 Å². The lowest BCUT2D eigenvalue weighted by Crippen LogP contribution is -2.38. The molecule has 7 nitrogen and oxygen atoms in total. The molecule has 0 spiro atoms. The Morgan fingerprint density at radius 1 is 1.16 bits per heavy atom. The van der Waals surface area contributed by atoms with E-state index in [0.717, 1.165) is 6.07 Å². The van der Waals surface area contributed by atoms with Crippen molar-refractivity contribution in [1.82, 2.24) is 4.90 Å². The van der Waals surface area contributed by atoms with Crippen LogP contribution < -0.4 is 4.90 Å². The van der Waals surface area contributed by atoms with Crippen molar-refractivity contribution in [3.8, 4) is 0 Å². The van der Waals surface area contributed by atoms with E-state index in [-0.39, 0.29) is 24.3 Å². The Labute approximate surface area is 223 Å². The van der Waals surface area contributed by atoms with Crippen LogP contribution in [0.25, 0.3) is 0 Å². The molecule has 200 valence electrons. The average Bonchev–Trinajstić information content (AvgIpc) is 2.93. The third kappa shape index (κ3) is 6.93. The molecule has 1 heterocycles. The Kier molecular flexibility index (Phi) is 8.44. The standard InChI is InChI=1S/C25H28Cl2F3N5O2/c1-14-8-18-20(35(22(31)33-32)13-15-9-16(26)11-17(27)10-15)6-5-7-34(23(36)37-24(2,3)4)21(18)12-19(14)25(28,29)30/h8-12,20,31-32H,5-7,13H2,1-4H3/t20-/m0/s1. The van der Waals surface area contributed by atoms with E-state index in [9.17, 15) is 18.0 Å². The Hall–Kier alpha value is -2.85. The first-order valence-corrected chi connectivity index (χ1v) is 12.3. The van der Waals surface area contributed by atoms with Gasteiger partial charge < -0.3 is 9.64 Å². The number of hydrogen-bond donors (Lipinski definition) is 2. The van der Waals surface area contributed by atoms with Crippen LogP contribution in [0.4, 0.5) is 23.7 Å². The second-order valence-corrected chi connectivity index (χ2v) is 10.7. The van der Waals surface area contributed by atoms with Gasteiger partial charge >= 0.3 is 12.3 Å². The highest BCUT2D eigenvalue weighted by Gasteiger charge is 2.38. The molecule has 1 aliphatic heterocycles. The SMILES string of the molecule is Cc1cc2c(cc1C(F)(F)F)N(C(=O)OC(C)(C)C)CCC[C@@H]2N(Cc1cc(Cl)cc(Cl)c1)C(=N)N=N. The van der Waals surface area contributed by atoms with Gasteiger partial charge in [0.15, 0.2) is 0 Å². The number of amides is 1. The van der Waals surface area contributed by atoms with Gasteiger partial charge in [-0.25, -0.2) is 10.3 Å². The average molecular weight is 558 g/mol. The molecule has 0 saturated carbocycles. The van der Waals surface area contributed by atoms with E-state index in [1.165, 1.54) is 22.8 Å². The van der Waals surface area contributed by atoms with Gasteiger partial charge in [0.1, 0.15) is 5.60 Å². The zero-order valence-electron chi connectivity index (χ0n) is 20.8. The van der Waals surface area contributed by atoms with Crippen LogP contribution >= 0.6 is 23.2 Å². The number of hydrogen-bond acceptors (Lipinski definition) is 4. The molecule has 2 aromatic rings. The molecule has 2 N–H and O–H groups in total. The number of carbonyl (C=O) groups is 1. The molecule has 1 aliphatic rings. The molecule has 12 heteroatoms. The molecule has 37 heavy (non-hydrogen) atoms. The van der Waals surface area contributed by atoms with Crippen molar-refractivity contribution in [2.75, 3.05) is 11.4 Å². The molecular formula is C25H28Cl2F3N5O2. The molecule has 0 fully saturated rings. The summed E-state index contributed by atoms with van der Waals surface area (Å²) in [5.41, 5.74) is 6.81. The van der Waals surface area contributed by atoms with Crippen molar-refractivity contribution in [3.63, 3.8) is 0 Å². The van der Waals surface area contributed by atoms with Gasteiger partial charge in [0, 0.05) is 23.1 Å². The van der Waals surface area contributed by atoms with Crippen LogP contribution in [0.5, 0.6) is 0 Å². The summed E-state index contributed by atoms with van der Waals surface area (Å²) in [4.78, 5) is 15.8. The van der Waals surface area contributed by atoms with Gasteiger partial charge in [-0.15, -0.1) is 5.11 Å². The molecule has 0 aliphatic carbocycles. The Balaban J connectivity index is 2.18. The van der Waals surface area contributed by atoms with Gasteiger partial charge in [-0.05, 0) is 81.5 Å². The van der Waals surface area contributed by atoms with Crippen LogP contribution in [0.1, 0.15) is 61.9 Å². The van der Waals surface area contributed by atoms with Crippen LogP contribution in [-0.4, -0.2) is 29.1 Å². The van der Waals surface area contributed by atoms with Crippen LogP contribution in [-0.2, 0) is 17.5 Å². The van der Waals surface area contributed by atoms with Gasteiger partial charge in [-0.3, -0.25) is 10.3 Å². The number of carbonyl (C=O) groups excluding carboxylic acids is 1. The maximum Gasteiger partial charge on any atom is 0.416 e. The van der Waals surface area contributed by atoms with E-state index >= 15 is 0 Å². The second kappa shape index (κ2) is 10.9. The summed E-state index contributed by atoms with van der Waals surface area (Å²) >= 11 is 12.3. The lowest BCUT2D eigenvalue weighted by atomic mass is 9.94. The molecule has 0 unspecified atom stereocenters. The molecular weight excluding hydrogens is 530 g/mol. The molecule has 1 atom stereocenters. The first-order chi connectivity index (χ1) is 17.1. The van der Waals surface area contributed by atoms with Gasteiger partial charge in [0.05, 0.1) is 17.3 Å². The number of aryl methyl sites for hydroxylation is 1. The maximum atomic E-state index is 13.9. The van der Waals surface area contributed by atoms with Crippen molar-refractivity contribution in [2.24, 2.45) is 5.11 Å². The fraction of sp³-hybridized carbons (Fsp3) is 0.440. The fourth-order valence-electron chi connectivity index (χ4n) is 4.37. The monoisotopic (exact) mass is 557 g/mol. The number of guanidine groups is 1. The van der Waals surface area contributed by atoms with Crippen LogP contribution in [0.2, 0.25) is 10.0 Å². The summed E-state index contributed by atoms with van der Waals surface area (Å²) in [6.07, 6.45) is -4.62.